The molecule has 1 atom stereocenters. The van der Waals surface area contributed by atoms with Crippen LogP contribution in [-0.4, -0.2) is 38.4 Å². The van der Waals surface area contributed by atoms with E-state index in [1.807, 2.05) is 6.92 Å². The number of aromatic amines is 1. The molecule has 18 heavy (non-hydrogen) atoms. The molecule has 0 aliphatic rings. The molecule has 0 saturated heterocycles. The lowest BCUT2D eigenvalue weighted by Crippen LogP contribution is -2.38. The zero-order chi connectivity index (χ0) is 13.8. The number of hydrogen-bond donors (Lipinski definition) is 3. The van der Waals surface area contributed by atoms with Gasteiger partial charge in [-0.3, -0.25) is 5.10 Å². The molecule has 0 bridgehead atoms. The summed E-state index contributed by atoms with van der Waals surface area (Å²) in [6, 6.07) is -0.264. The Bertz CT molecular complexity index is 483. The molecule has 4 N–H and O–H groups in total. The average Bonchev–Trinajstić information content (AvgIpc) is 2.70. The van der Waals surface area contributed by atoms with Crippen molar-refractivity contribution in [2.45, 2.75) is 37.8 Å². The van der Waals surface area contributed by atoms with Crippen molar-refractivity contribution in [3.63, 3.8) is 0 Å². The highest BCUT2D eigenvalue weighted by Crippen LogP contribution is 2.17. The van der Waals surface area contributed by atoms with Gasteiger partial charge in [0.05, 0.1) is 18.0 Å². The first kappa shape index (κ1) is 15.1. The van der Waals surface area contributed by atoms with E-state index in [2.05, 4.69) is 14.9 Å². The Labute approximate surface area is 107 Å². The van der Waals surface area contributed by atoms with Crippen molar-refractivity contribution in [1.29, 1.82) is 0 Å². The van der Waals surface area contributed by atoms with Crippen LogP contribution in [-0.2, 0) is 21.3 Å². The summed E-state index contributed by atoms with van der Waals surface area (Å²) in [4.78, 5) is 0.138. The smallest absolute Gasteiger partial charge is 0.244 e. The SMILES string of the molecule is CCC(COC)NS(=O)(=O)c1c(CN)n[nH]c1C. The van der Waals surface area contributed by atoms with Crippen LogP contribution in [0.4, 0.5) is 0 Å². The van der Waals surface area contributed by atoms with E-state index in [0.717, 1.165) is 0 Å². The molecule has 0 aliphatic heterocycles. The molecule has 7 nitrogen and oxygen atoms in total. The second kappa shape index (κ2) is 6.28. The summed E-state index contributed by atoms with van der Waals surface area (Å²) in [7, 11) is -2.09. The first-order chi connectivity index (χ1) is 8.46. The van der Waals surface area contributed by atoms with Crippen molar-refractivity contribution < 1.29 is 13.2 Å². The lowest BCUT2D eigenvalue weighted by Gasteiger charge is -2.16. The van der Waals surface area contributed by atoms with Gasteiger partial charge in [0.1, 0.15) is 4.90 Å². The number of nitrogens with two attached hydrogens (primary N) is 1. The topological polar surface area (TPSA) is 110 Å². The van der Waals surface area contributed by atoms with Crippen LogP contribution < -0.4 is 10.5 Å². The van der Waals surface area contributed by atoms with Crippen molar-refractivity contribution in [2.24, 2.45) is 5.73 Å². The van der Waals surface area contributed by atoms with E-state index in [0.29, 0.717) is 24.4 Å². The quantitative estimate of drug-likeness (QED) is 0.643. The van der Waals surface area contributed by atoms with Gasteiger partial charge in [0.25, 0.3) is 0 Å². The van der Waals surface area contributed by atoms with Crippen LogP contribution in [0.15, 0.2) is 4.90 Å². The molecule has 0 aliphatic carbocycles. The summed E-state index contributed by atoms with van der Waals surface area (Å²) in [5.74, 6) is 0. The molecule has 8 heteroatoms. The summed E-state index contributed by atoms with van der Waals surface area (Å²) in [5, 5.41) is 6.52. The fourth-order valence-electron chi connectivity index (χ4n) is 1.68. The number of nitrogens with one attached hydrogen (secondary N) is 2. The number of nitrogens with zero attached hydrogens (tertiary/aromatic N) is 1. The zero-order valence-electron chi connectivity index (χ0n) is 10.9. The van der Waals surface area contributed by atoms with Gasteiger partial charge >= 0.3 is 0 Å². The Morgan fingerprint density at radius 1 is 1.56 bits per heavy atom. The van der Waals surface area contributed by atoms with Crippen LogP contribution in [0.3, 0.4) is 0 Å². The van der Waals surface area contributed by atoms with Crippen molar-refractivity contribution in [1.82, 2.24) is 14.9 Å². The number of hydrogen-bond acceptors (Lipinski definition) is 5. The molecular weight excluding hydrogens is 256 g/mol. The molecule has 0 amide bonds. The van der Waals surface area contributed by atoms with Gasteiger partial charge in [-0.1, -0.05) is 6.92 Å². The number of rotatable bonds is 7. The Morgan fingerprint density at radius 2 is 2.22 bits per heavy atom. The van der Waals surface area contributed by atoms with Crippen molar-refractivity contribution >= 4 is 10.0 Å². The lowest BCUT2D eigenvalue weighted by atomic mass is 10.3. The molecule has 1 aromatic heterocycles. The maximum Gasteiger partial charge on any atom is 0.244 e. The van der Waals surface area contributed by atoms with Gasteiger partial charge in [0.15, 0.2) is 0 Å². The van der Waals surface area contributed by atoms with E-state index < -0.39 is 10.0 Å². The highest BCUT2D eigenvalue weighted by atomic mass is 32.2. The Hall–Kier alpha value is -0.960. The summed E-state index contributed by atoms with van der Waals surface area (Å²) in [5.41, 5.74) is 6.30. The molecule has 0 aromatic carbocycles. The first-order valence-corrected chi connectivity index (χ1v) is 7.19. The predicted octanol–water partition coefficient (Wildman–Crippen LogP) is -0.120. The van der Waals surface area contributed by atoms with E-state index in [1.165, 1.54) is 7.11 Å². The normalized spacial score (nSPS) is 13.8. The van der Waals surface area contributed by atoms with Gasteiger partial charge in [0, 0.05) is 19.7 Å². The van der Waals surface area contributed by atoms with Crippen molar-refractivity contribution in [2.75, 3.05) is 13.7 Å². The summed E-state index contributed by atoms with van der Waals surface area (Å²) in [6.07, 6.45) is 0.641. The van der Waals surface area contributed by atoms with Crippen LogP contribution in [0.2, 0.25) is 0 Å². The molecule has 0 radical (unpaired) electrons. The van der Waals surface area contributed by atoms with Gasteiger partial charge in [-0.25, -0.2) is 13.1 Å². The number of H-pyrrole nitrogens is 1. The lowest BCUT2D eigenvalue weighted by molar-refractivity contribution is 0.173. The third kappa shape index (κ3) is 3.29. The van der Waals surface area contributed by atoms with Gasteiger partial charge in [-0.05, 0) is 13.3 Å². The number of methoxy groups -OCH3 is 1. The Morgan fingerprint density at radius 3 is 2.72 bits per heavy atom. The third-order valence-electron chi connectivity index (χ3n) is 2.61. The maximum atomic E-state index is 12.3. The first-order valence-electron chi connectivity index (χ1n) is 5.71. The monoisotopic (exact) mass is 276 g/mol. The van der Waals surface area contributed by atoms with E-state index in [-0.39, 0.29) is 17.5 Å². The number of ether oxygens (including phenoxy) is 1. The van der Waals surface area contributed by atoms with E-state index in [4.69, 9.17) is 10.5 Å². The minimum Gasteiger partial charge on any atom is -0.383 e. The van der Waals surface area contributed by atoms with Gasteiger partial charge in [-0.15, -0.1) is 0 Å². The zero-order valence-corrected chi connectivity index (χ0v) is 11.7. The maximum absolute atomic E-state index is 12.3. The molecule has 0 saturated carbocycles. The highest BCUT2D eigenvalue weighted by Gasteiger charge is 2.25. The second-order valence-corrected chi connectivity index (χ2v) is 5.66. The molecule has 1 rings (SSSR count). The minimum atomic E-state index is -3.63. The van der Waals surface area contributed by atoms with E-state index in [9.17, 15) is 8.42 Å². The van der Waals surface area contributed by atoms with Crippen LogP contribution >= 0.6 is 0 Å². The average molecular weight is 276 g/mol. The van der Waals surface area contributed by atoms with Gasteiger partial charge in [0.2, 0.25) is 10.0 Å². The van der Waals surface area contributed by atoms with E-state index in [1.54, 1.807) is 6.92 Å². The molecule has 104 valence electrons. The van der Waals surface area contributed by atoms with Crippen molar-refractivity contribution in [3.8, 4) is 0 Å². The summed E-state index contributed by atoms with van der Waals surface area (Å²) < 4.78 is 32.1. The molecule has 1 aromatic rings. The van der Waals surface area contributed by atoms with Crippen LogP contribution in [0, 0.1) is 6.92 Å². The largest absolute Gasteiger partial charge is 0.383 e. The fourth-order valence-corrected chi connectivity index (χ4v) is 3.36. The fraction of sp³-hybridized carbons (Fsp3) is 0.700. The highest BCUT2D eigenvalue weighted by molar-refractivity contribution is 7.89. The molecule has 1 heterocycles. The summed E-state index contributed by atoms with van der Waals surface area (Å²) in [6.45, 7) is 3.93. The van der Waals surface area contributed by atoms with E-state index >= 15 is 0 Å². The molecular formula is C10H20N4O3S. The Balaban J connectivity index is 3.02. The van der Waals surface area contributed by atoms with Crippen LogP contribution in [0.5, 0.6) is 0 Å². The second-order valence-electron chi connectivity index (χ2n) is 4.01. The van der Waals surface area contributed by atoms with Crippen molar-refractivity contribution in [3.05, 3.63) is 11.4 Å². The summed E-state index contributed by atoms with van der Waals surface area (Å²) >= 11 is 0. The number of sulfonamides is 1. The molecule has 1 unspecified atom stereocenters. The number of aryl methyl sites for hydroxylation is 1. The molecule has 0 spiro atoms. The number of aromatic nitrogens is 2. The standard InChI is InChI=1S/C10H20N4O3S/c1-4-8(6-17-3)14-18(15,16)10-7(2)12-13-9(10)5-11/h8,14H,4-6,11H2,1-3H3,(H,12,13). The molecule has 0 fully saturated rings. The predicted molar refractivity (Wildman–Crippen MR) is 67.5 cm³/mol. The van der Waals surface area contributed by atoms with Crippen LogP contribution in [0.25, 0.3) is 0 Å². The minimum absolute atomic E-state index is 0.0711. The van der Waals surface area contributed by atoms with Gasteiger partial charge < -0.3 is 10.5 Å². The van der Waals surface area contributed by atoms with Crippen LogP contribution in [0.1, 0.15) is 24.7 Å². The Kier molecular flexibility index (Phi) is 5.27. The van der Waals surface area contributed by atoms with Gasteiger partial charge in [-0.2, -0.15) is 5.10 Å². The third-order valence-corrected chi connectivity index (χ3v) is 4.33.